The van der Waals surface area contributed by atoms with Gasteiger partial charge in [0.15, 0.2) is 19.7 Å². The Morgan fingerprint density at radius 2 is 1.78 bits per heavy atom. The molecule has 1 aliphatic heterocycles. The van der Waals surface area contributed by atoms with Crippen molar-refractivity contribution in [2.24, 2.45) is 0 Å². The topological polar surface area (TPSA) is 68.3 Å². The molecule has 1 aliphatic rings. The maximum Gasteiger partial charge on any atom is 0.179 e. The van der Waals surface area contributed by atoms with Crippen LogP contribution >= 0.6 is 22.6 Å². The molecule has 1 aromatic carbocycles. The van der Waals surface area contributed by atoms with Crippen LogP contribution in [0.25, 0.3) is 4.91 Å². The van der Waals surface area contributed by atoms with Crippen molar-refractivity contribution in [3.8, 4) is 0 Å². The standard InChI is InChI=1S/C11H11IO4S2/c12-10-4-1-3-9(7-10)11-8-17(13,14)5-2-6-18(11,15)16/h1,3-4,7-8H,2,5-6H2. The summed E-state index contributed by atoms with van der Waals surface area (Å²) in [5.41, 5.74) is 0.437. The number of halogens is 1. The molecular weight excluding hydrogens is 387 g/mol. The van der Waals surface area contributed by atoms with Gasteiger partial charge in [-0.2, -0.15) is 0 Å². The van der Waals surface area contributed by atoms with Crippen molar-refractivity contribution < 1.29 is 16.8 Å². The maximum absolute atomic E-state index is 12.1. The van der Waals surface area contributed by atoms with E-state index >= 15 is 0 Å². The molecule has 0 fully saturated rings. The number of hydrogen-bond donors (Lipinski definition) is 0. The van der Waals surface area contributed by atoms with Crippen LogP contribution in [0.1, 0.15) is 12.0 Å². The van der Waals surface area contributed by atoms with E-state index in [0.29, 0.717) is 5.56 Å². The van der Waals surface area contributed by atoms with E-state index in [1.165, 1.54) is 0 Å². The zero-order chi connectivity index (χ0) is 13.4. The molecule has 18 heavy (non-hydrogen) atoms. The minimum absolute atomic E-state index is 0.0847. The molecule has 0 saturated heterocycles. The fraction of sp³-hybridized carbons (Fsp3) is 0.273. The third kappa shape index (κ3) is 3.12. The second-order valence-electron chi connectivity index (χ2n) is 4.03. The summed E-state index contributed by atoms with van der Waals surface area (Å²) in [6.07, 6.45) is 0.147. The molecule has 0 amide bonds. The van der Waals surface area contributed by atoms with Crippen LogP contribution in [0.4, 0.5) is 0 Å². The van der Waals surface area contributed by atoms with E-state index in [-0.39, 0.29) is 22.8 Å². The van der Waals surface area contributed by atoms with E-state index in [1.807, 2.05) is 6.07 Å². The van der Waals surface area contributed by atoms with Gasteiger partial charge in [-0.3, -0.25) is 0 Å². The van der Waals surface area contributed by atoms with Crippen molar-refractivity contribution in [1.82, 2.24) is 0 Å². The summed E-state index contributed by atoms with van der Waals surface area (Å²) >= 11 is 2.06. The number of hydrogen-bond acceptors (Lipinski definition) is 4. The van der Waals surface area contributed by atoms with Gasteiger partial charge in [0.2, 0.25) is 0 Å². The summed E-state index contributed by atoms with van der Waals surface area (Å²) in [7, 11) is -6.97. The summed E-state index contributed by atoms with van der Waals surface area (Å²) < 4.78 is 48.4. The number of rotatable bonds is 1. The van der Waals surface area contributed by atoms with Crippen LogP contribution in [-0.4, -0.2) is 28.3 Å². The molecule has 0 aliphatic carbocycles. The predicted octanol–water partition coefficient (Wildman–Crippen LogP) is 1.82. The Bertz CT molecular complexity index is 702. The summed E-state index contributed by atoms with van der Waals surface area (Å²) in [6, 6.07) is 6.82. The molecule has 0 radical (unpaired) electrons. The molecule has 1 heterocycles. The van der Waals surface area contributed by atoms with E-state index in [1.54, 1.807) is 18.2 Å². The van der Waals surface area contributed by atoms with Crippen LogP contribution in [-0.2, 0) is 19.7 Å². The molecule has 1 aromatic rings. The molecule has 7 heteroatoms. The average Bonchev–Trinajstić information content (AvgIpc) is 2.35. The van der Waals surface area contributed by atoms with Crippen LogP contribution in [0.15, 0.2) is 29.7 Å². The van der Waals surface area contributed by atoms with E-state index in [2.05, 4.69) is 22.6 Å². The third-order valence-corrected chi connectivity index (χ3v) is 6.70. The van der Waals surface area contributed by atoms with Gasteiger partial charge in [0.1, 0.15) is 0 Å². The Morgan fingerprint density at radius 3 is 2.44 bits per heavy atom. The zero-order valence-corrected chi connectivity index (χ0v) is 13.1. The molecule has 0 saturated carbocycles. The fourth-order valence-electron chi connectivity index (χ4n) is 1.74. The lowest BCUT2D eigenvalue weighted by Crippen LogP contribution is -2.07. The van der Waals surface area contributed by atoms with E-state index in [0.717, 1.165) is 8.98 Å². The lowest BCUT2D eigenvalue weighted by molar-refractivity contribution is 0.602. The van der Waals surface area contributed by atoms with E-state index in [4.69, 9.17) is 0 Å². The van der Waals surface area contributed by atoms with Gasteiger partial charge < -0.3 is 0 Å². The molecule has 0 atom stereocenters. The first kappa shape index (κ1) is 14.0. The van der Waals surface area contributed by atoms with Crippen molar-refractivity contribution >= 4 is 47.2 Å². The van der Waals surface area contributed by atoms with Gasteiger partial charge in [0, 0.05) is 8.98 Å². The lowest BCUT2D eigenvalue weighted by atomic mass is 10.2. The van der Waals surface area contributed by atoms with Crippen molar-refractivity contribution in [3.05, 3.63) is 38.8 Å². The smallest absolute Gasteiger partial charge is 0.179 e. The van der Waals surface area contributed by atoms with Crippen molar-refractivity contribution in [3.63, 3.8) is 0 Å². The highest BCUT2D eigenvalue weighted by Crippen LogP contribution is 2.27. The maximum atomic E-state index is 12.1. The summed E-state index contributed by atoms with van der Waals surface area (Å²) in [5.74, 6) is -0.233. The SMILES string of the molecule is O=S1(=O)C=C(c2cccc(I)c2)S(=O)(=O)CCC1. The molecule has 2 rings (SSSR count). The summed E-state index contributed by atoms with van der Waals surface area (Å²) in [4.78, 5) is -0.0847. The molecule has 98 valence electrons. The Balaban J connectivity index is 2.67. The van der Waals surface area contributed by atoms with E-state index in [9.17, 15) is 16.8 Å². The quantitative estimate of drug-likeness (QED) is 0.677. The summed E-state index contributed by atoms with van der Waals surface area (Å²) in [5, 5.41) is 0.904. The van der Waals surface area contributed by atoms with Crippen LogP contribution in [0.2, 0.25) is 0 Å². The molecular formula is C11H11IO4S2. The van der Waals surface area contributed by atoms with E-state index < -0.39 is 19.7 Å². The van der Waals surface area contributed by atoms with Crippen LogP contribution < -0.4 is 0 Å². The Kier molecular flexibility index (Phi) is 3.84. The van der Waals surface area contributed by atoms with Crippen LogP contribution in [0, 0.1) is 3.57 Å². The lowest BCUT2D eigenvalue weighted by Gasteiger charge is -2.06. The van der Waals surface area contributed by atoms with Crippen LogP contribution in [0.3, 0.4) is 0 Å². The first-order valence-electron chi connectivity index (χ1n) is 5.23. The molecule has 0 bridgehead atoms. The fourth-order valence-corrected chi connectivity index (χ4v) is 5.85. The molecule has 0 unspecified atom stereocenters. The van der Waals surface area contributed by atoms with Crippen molar-refractivity contribution in [1.29, 1.82) is 0 Å². The third-order valence-electron chi connectivity index (χ3n) is 2.57. The second kappa shape index (κ2) is 4.93. The Hall–Kier alpha value is -0.410. The van der Waals surface area contributed by atoms with Gasteiger partial charge in [-0.25, -0.2) is 16.8 Å². The predicted molar refractivity (Wildman–Crippen MR) is 79.3 cm³/mol. The number of sulfone groups is 2. The first-order chi connectivity index (χ1) is 8.30. The zero-order valence-electron chi connectivity index (χ0n) is 9.34. The molecule has 0 spiro atoms. The largest absolute Gasteiger partial charge is 0.224 e. The highest BCUT2D eigenvalue weighted by atomic mass is 127. The van der Waals surface area contributed by atoms with Crippen molar-refractivity contribution in [2.45, 2.75) is 6.42 Å². The average molecular weight is 398 g/mol. The Morgan fingerprint density at radius 1 is 1.06 bits per heavy atom. The molecule has 0 N–H and O–H groups in total. The van der Waals surface area contributed by atoms with Crippen LogP contribution in [0.5, 0.6) is 0 Å². The highest BCUT2D eigenvalue weighted by Gasteiger charge is 2.26. The Labute approximate surface area is 120 Å². The molecule has 0 aromatic heterocycles. The van der Waals surface area contributed by atoms with Gasteiger partial charge in [0.25, 0.3) is 0 Å². The van der Waals surface area contributed by atoms with Gasteiger partial charge in [-0.05, 0) is 46.7 Å². The van der Waals surface area contributed by atoms with Gasteiger partial charge >= 0.3 is 0 Å². The number of benzene rings is 1. The second-order valence-corrected chi connectivity index (χ2v) is 9.32. The van der Waals surface area contributed by atoms with Gasteiger partial charge in [0.05, 0.1) is 16.4 Å². The first-order valence-corrected chi connectivity index (χ1v) is 9.68. The normalized spacial score (nSPS) is 21.9. The summed E-state index contributed by atoms with van der Waals surface area (Å²) in [6.45, 7) is 0. The van der Waals surface area contributed by atoms with Crippen molar-refractivity contribution in [2.75, 3.05) is 11.5 Å². The monoisotopic (exact) mass is 398 g/mol. The molecule has 4 nitrogen and oxygen atoms in total. The minimum atomic E-state index is -3.52. The minimum Gasteiger partial charge on any atom is -0.224 e. The highest BCUT2D eigenvalue weighted by molar-refractivity contribution is 14.1. The van der Waals surface area contributed by atoms with Gasteiger partial charge in [-0.1, -0.05) is 12.1 Å². The van der Waals surface area contributed by atoms with Gasteiger partial charge in [-0.15, -0.1) is 0 Å².